The van der Waals surface area contributed by atoms with Crippen LogP contribution in [0.1, 0.15) is 328 Å². The van der Waals surface area contributed by atoms with Crippen LogP contribution in [0.15, 0.2) is 0 Å². The summed E-state index contributed by atoms with van der Waals surface area (Å²) in [6, 6.07) is 0. The highest BCUT2D eigenvalue weighted by molar-refractivity contribution is 7.47. The molecule has 0 radical (unpaired) electrons. The molecule has 2 unspecified atom stereocenters. The minimum Gasteiger partial charge on any atom is -0.462 e. The van der Waals surface area contributed by atoms with Crippen LogP contribution in [0.25, 0.3) is 0 Å². The molecule has 0 aromatic rings. The van der Waals surface area contributed by atoms with Gasteiger partial charge in [-0.15, -0.1) is 0 Å². The fourth-order valence-corrected chi connectivity index (χ4v) is 10.1. The second kappa shape index (κ2) is 55.3. The average molecular weight is 987 g/mol. The van der Waals surface area contributed by atoms with E-state index in [0.717, 1.165) is 32.1 Å². The minimum atomic E-state index is -4.38. The van der Waals surface area contributed by atoms with Gasteiger partial charge in [-0.1, -0.05) is 303 Å². The summed E-state index contributed by atoms with van der Waals surface area (Å²) in [5, 5.41) is 0. The molecule has 0 heterocycles. The molecule has 0 rings (SSSR count). The lowest BCUT2D eigenvalue weighted by molar-refractivity contribution is -0.161. The van der Waals surface area contributed by atoms with E-state index >= 15 is 0 Å². The van der Waals surface area contributed by atoms with E-state index in [1.54, 1.807) is 0 Å². The van der Waals surface area contributed by atoms with Crippen LogP contribution in [-0.2, 0) is 32.7 Å². The fraction of sp³-hybridized carbons (Fsp3) is 0.966. The number of esters is 2. The Morgan fingerprint density at radius 2 is 0.632 bits per heavy atom. The lowest BCUT2D eigenvalue weighted by atomic mass is 10.0. The predicted octanol–water partition coefficient (Wildman–Crippen LogP) is 18.7. The van der Waals surface area contributed by atoms with Crippen LogP contribution in [0.4, 0.5) is 0 Å². The van der Waals surface area contributed by atoms with Crippen molar-refractivity contribution in [1.82, 2.24) is 0 Å². The molecular formula is C58H116NO8P. The second-order valence-electron chi connectivity index (χ2n) is 20.6. The van der Waals surface area contributed by atoms with Crippen LogP contribution >= 0.6 is 7.82 Å². The number of carbonyl (C=O) groups is 2. The zero-order valence-electron chi connectivity index (χ0n) is 45.4. The predicted molar refractivity (Wildman–Crippen MR) is 289 cm³/mol. The van der Waals surface area contributed by atoms with E-state index in [2.05, 4.69) is 13.8 Å². The first kappa shape index (κ1) is 67.0. The van der Waals surface area contributed by atoms with E-state index in [0.29, 0.717) is 6.42 Å². The maximum atomic E-state index is 12.7. The van der Waals surface area contributed by atoms with Gasteiger partial charge in [0.25, 0.3) is 0 Å². The van der Waals surface area contributed by atoms with E-state index in [9.17, 15) is 19.0 Å². The highest BCUT2D eigenvalue weighted by atomic mass is 31.2. The molecule has 3 N–H and O–H groups in total. The number of phosphoric acid groups is 1. The number of ether oxygens (including phenoxy) is 2. The Bertz CT molecular complexity index is 1080. The number of hydrogen-bond acceptors (Lipinski definition) is 8. The number of phosphoric ester groups is 1. The summed E-state index contributed by atoms with van der Waals surface area (Å²) >= 11 is 0. The first-order valence-corrected chi connectivity index (χ1v) is 31.5. The molecule has 406 valence electrons. The SMILES string of the molecule is CCCCCCCCCCCCCCCCCCCCCCCCCCCCCCCCC(=O)OC(COC(=O)CCCCCCCCCCCCCCCCCCC)COP(=O)(O)OCCN. The molecule has 10 heteroatoms. The topological polar surface area (TPSA) is 134 Å². The average Bonchev–Trinajstić information content (AvgIpc) is 3.33. The zero-order valence-corrected chi connectivity index (χ0v) is 46.3. The number of unbranched alkanes of at least 4 members (excludes halogenated alkanes) is 45. The highest BCUT2D eigenvalue weighted by Crippen LogP contribution is 2.43. The molecule has 0 saturated carbocycles. The Morgan fingerprint density at radius 3 is 0.897 bits per heavy atom. The van der Waals surface area contributed by atoms with Gasteiger partial charge in [0.1, 0.15) is 6.61 Å². The second-order valence-corrected chi connectivity index (χ2v) is 22.0. The summed E-state index contributed by atoms with van der Waals surface area (Å²) in [6.07, 6.45) is 61.8. The Kier molecular flexibility index (Phi) is 54.5. The largest absolute Gasteiger partial charge is 0.472 e. The van der Waals surface area contributed by atoms with Crippen molar-refractivity contribution in [2.75, 3.05) is 26.4 Å². The number of rotatable bonds is 58. The van der Waals surface area contributed by atoms with E-state index < -0.39 is 26.5 Å². The van der Waals surface area contributed by atoms with Gasteiger partial charge < -0.3 is 20.1 Å². The standard InChI is InChI=1S/C58H116NO8P/c1-3-5-7-9-11-13-15-17-19-21-22-23-24-25-26-27-28-29-30-31-32-33-35-37-39-41-43-45-47-49-51-58(61)67-56(55-66-68(62,63)65-53-52-59)54-64-57(60)50-48-46-44-42-40-38-36-34-20-18-16-14-12-10-8-6-4-2/h56H,3-55,59H2,1-2H3,(H,62,63). The van der Waals surface area contributed by atoms with Crippen molar-refractivity contribution in [3.8, 4) is 0 Å². The molecule has 0 fully saturated rings. The lowest BCUT2D eigenvalue weighted by Gasteiger charge is -2.19. The van der Waals surface area contributed by atoms with Crippen LogP contribution in [0, 0.1) is 0 Å². The minimum absolute atomic E-state index is 0.0586. The molecule has 2 atom stereocenters. The van der Waals surface area contributed by atoms with Crippen LogP contribution in [0.3, 0.4) is 0 Å². The Hall–Kier alpha value is -0.990. The van der Waals surface area contributed by atoms with Gasteiger partial charge in [-0.05, 0) is 12.8 Å². The molecule has 0 aliphatic carbocycles. The summed E-state index contributed by atoms with van der Waals surface area (Å²) < 4.78 is 33.0. The molecule has 0 amide bonds. The third-order valence-electron chi connectivity index (χ3n) is 13.7. The molecule has 0 aliphatic heterocycles. The van der Waals surface area contributed by atoms with Crippen molar-refractivity contribution in [1.29, 1.82) is 0 Å². The van der Waals surface area contributed by atoms with Crippen molar-refractivity contribution in [3.63, 3.8) is 0 Å². The van der Waals surface area contributed by atoms with E-state index in [4.69, 9.17) is 24.3 Å². The van der Waals surface area contributed by atoms with Crippen LogP contribution in [0.2, 0.25) is 0 Å². The van der Waals surface area contributed by atoms with Gasteiger partial charge in [0, 0.05) is 19.4 Å². The summed E-state index contributed by atoms with van der Waals surface area (Å²) in [4.78, 5) is 35.2. The zero-order chi connectivity index (χ0) is 49.5. The summed E-state index contributed by atoms with van der Waals surface area (Å²) in [7, 11) is -4.38. The van der Waals surface area contributed by atoms with Crippen molar-refractivity contribution in [2.45, 2.75) is 335 Å². The molecule has 0 spiro atoms. The molecule has 68 heavy (non-hydrogen) atoms. The van der Waals surface area contributed by atoms with Gasteiger partial charge in [0.2, 0.25) is 0 Å². The van der Waals surface area contributed by atoms with Crippen molar-refractivity contribution < 1.29 is 37.6 Å². The van der Waals surface area contributed by atoms with Crippen LogP contribution in [0.5, 0.6) is 0 Å². The Morgan fingerprint density at radius 1 is 0.382 bits per heavy atom. The smallest absolute Gasteiger partial charge is 0.462 e. The summed E-state index contributed by atoms with van der Waals surface area (Å²) in [5.74, 6) is -0.803. The molecule has 0 aromatic carbocycles. The third kappa shape index (κ3) is 54.3. The van der Waals surface area contributed by atoms with Crippen LogP contribution in [-0.4, -0.2) is 49.3 Å². The third-order valence-corrected chi connectivity index (χ3v) is 14.7. The molecule has 0 aliphatic rings. The van der Waals surface area contributed by atoms with Crippen molar-refractivity contribution in [3.05, 3.63) is 0 Å². The van der Waals surface area contributed by atoms with E-state index in [1.807, 2.05) is 0 Å². The lowest BCUT2D eigenvalue weighted by Crippen LogP contribution is -2.29. The fourth-order valence-electron chi connectivity index (χ4n) is 9.29. The number of nitrogens with two attached hydrogens (primary N) is 1. The van der Waals surface area contributed by atoms with Crippen molar-refractivity contribution in [2.24, 2.45) is 5.73 Å². The normalized spacial score (nSPS) is 12.9. The molecular weight excluding hydrogens is 870 g/mol. The highest BCUT2D eigenvalue weighted by Gasteiger charge is 2.26. The van der Waals surface area contributed by atoms with Gasteiger partial charge in [0.15, 0.2) is 6.10 Å². The van der Waals surface area contributed by atoms with E-state index in [1.165, 1.54) is 263 Å². The van der Waals surface area contributed by atoms with E-state index in [-0.39, 0.29) is 38.6 Å². The monoisotopic (exact) mass is 986 g/mol. The number of hydrogen-bond donors (Lipinski definition) is 2. The van der Waals surface area contributed by atoms with Gasteiger partial charge in [-0.3, -0.25) is 18.6 Å². The first-order valence-electron chi connectivity index (χ1n) is 30.0. The molecule has 0 saturated heterocycles. The van der Waals surface area contributed by atoms with Gasteiger partial charge >= 0.3 is 19.8 Å². The molecule has 0 aromatic heterocycles. The Balaban J connectivity index is 3.84. The van der Waals surface area contributed by atoms with Gasteiger partial charge in [-0.2, -0.15) is 0 Å². The summed E-state index contributed by atoms with van der Waals surface area (Å²) in [5.41, 5.74) is 5.38. The van der Waals surface area contributed by atoms with Gasteiger partial charge in [0.05, 0.1) is 13.2 Å². The first-order chi connectivity index (χ1) is 33.3. The maximum Gasteiger partial charge on any atom is 0.472 e. The molecule has 0 bridgehead atoms. The summed E-state index contributed by atoms with van der Waals surface area (Å²) in [6.45, 7) is 3.82. The van der Waals surface area contributed by atoms with Crippen molar-refractivity contribution >= 4 is 19.8 Å². The molecule has 9 nitrogen and oxygen atoms in total. The van der Waals surface area contributed by atoms with Gasteiger partial charge in [-0.25, -0.2) is 4.57 Å². The maximum absolute atomic E-state index is 12.7. The Labute approximate surface area is 422 Å². The van der Waals surface area contributed by atoms with Crippen LogP contribution < -0.4 is 5.73 Å². The quantitative estimate of drug-likeness (QED) is 0.0347. The number of carbonyl (C=O) groups excluding carboxylic acids is 2.